The number of nitrogens with two attached hydrogens (primary N) is 1. The Kier molecular flexibility index (Phi) is 3.53. The maximum absolute atomic E-state index is 11.8. The molecule has 0 spiro atoms. The van der Waals surface area contributed by atoms with Crippen molar-refractivity contribution in [2.75, 3.05) is 19.6 Å². The lowest BCUT2D eigenvalue weighted by Gasteiger charge is -2.15. The van der Waals surface area contributed by atoms with Crippen LogP contribution in [0.3, 0.4) is 0 Å². The molecule has 19 heavy (non-hydrogen) atoms. The van der Waals surface area contributed by atoms with Crippen LogP contribution >= 0.6 is 11.3 Å². The van der Waals surface area contributed by atoms with Crippen molar-refractivity contribution in [1.82, 2.24) is 4.90 Å². The van der Waals surface area contributed by atoms with Crippen molar-refractivity contribution >= 4 is 27.3 Å². The maximum Gasteiger partial charge on any atom is 0.222 e. The number of carbonyl (C=O) groups excluding carboxylic acids is 1. The van der Waals surface area contributed by atoms with Crippen LogP contribution < -0.4 is 5.73 Å². The molecule has 0 radical (unpaired) electrons. The number of hydrogen-bond donors (Lipinski definition) is 1. The molecule has 1 aromatic carbocycles. The fourth-order valence-electron chi connectivity index (χ4n) is 2.63. The molecule has 1 amide bonds. The summed E-state index contributed by atoms with van der Waals surface area (Å²) in [5.74, 6) is 0.617. The Labute approximate surface area is 117 Å². The third kappa shape index (κ3) is 2.65. The summed E-state index contributed by atoms with van der Waals surface area (Å²) in [5, 5.41) is 1.30. The van der Waals surface area contributed by atoms with Crippen LogP contribution in [-0.2, 0) is 11.2 Å². The predicted molar refractivity (Wildman–Crippen MR) is 79.3 cm³/mol. The van der Waals surface area contributed by atoms with Crippen molar-refractivity contribution in [2.45, 2.75) is 12.8 Å². The number of nitrogens with zero attached hydrogens (tertiary/aromatic N) is 1. The van der Waals surface area contributed by atoms with Crippen LogP contribution in [0, 0.1) is 5.92 Å². The highest BCUT2D eigenvalue weighted by Crippen LogP contribution is 2.26. The number of amides is 1. The van der Waals surface area contributed by atoms with Crippen molar-refractivity contribution < 1.29 is 4.79 Å². The summed E-state index contributed by atoms with van der Waals surface area (Å²) in [4.78, 5) is 15.1. The number of benzene rings is 1. The highest BCUT2D eigenvalue weighted by atomic mass is 32.1. The first-order valence-corrected chi connectivity index (χ1v) is 7.53. The predicted octanol–water partition coefficient (Wildman–Crippen LogP) is 2.25. The Balaban J connectivity index is 1.64. The van der Waals surface area contributed by atoms with E-state index in [2.05, 4.69) is 30.3 Å². The molecule has 3 rings (SSSR count). The van der Waals surface area contributed by atoms with E-state index in [1.807, 2.05) is 16.2 Å². The van der Waals surface area contributed by atoms with Crippen molar-refractivity contribution in [3.63, 3.8) is 0 Å². The number of rotatable bonds is 4. The highest BCUT2D eigenvalue weighted by molar-refractivity contribution is 7.19. The van der Waals surface area contributed by atoms with Gasteiger partial charge >= 0.3 is 0 Å². The van der Waals surface area contributed by atoms with Gasteiger partial charge in [-0.25, -0.2) is 0 Å². The quantitative estimate of drug-likeness (QED) is 0.929. The molecule has 0 bridgehead atoms. The van der Waals surface area contributed by atoms with E-state index >= 15 is 0 Å². The van der Waals surface area contributed by atoms with Crippen LogP contribution in [0.4, 0.5) is 0 Å². The van der Waals surface area contributed by atoms with Crippen LogP contribution in [0.5, 0.6) is 0 Å². The molecule has 3 nitrogen and oxygen atoms in total. The molecule has 1 unspecified atom stereocenters. The molecule has 1 aromatic heterocycles. The summed E-state index contributed by atoms with van der Waals surface area (Å²) < 4.78 is 1.32. The van der Waals surface area contributed by atoms with E-state index in [0.29, 0.717) is 18.9 Å². The van der Waals surface area contributed by atoms with Gasteiger partial charge in [-0.3, -0.25) is 4.79 Å². The van der Waals surface area contributed by atoms with Gasteiger partial charge in [0.15, 0.2) is 0 Å². The molecule has 1 aliphatic heterocycles. The normalized spacial score (nSPS) is 19.5. The second-order valence-electron chi connectivity index (χ2n) is 5.15. The molecule has 2 N–H and O–H groups in total. The van der Waals surface area contributed by atoms with Gasteiger partial charge in [-0.05, 0) is 36.4 Å². The summed E-state index contributed by atoms with van der Waals surface area (Å²) in [6.45, 7) is 2.27. The van der Waals surface area contributed by atoms with Crippen molar-refractivity contribution in [2.24, 2.45) is 11.7 Å². The highest BCUT2D eigenvalue weighted by Gasteiger charge is 2.27. The first-order valence-electron chi connectivity index (χ1n) is 6.71. The molecule has 100 valence electrons. The van der Waals surface area contributed by atoms with Crippen LogP contribution in [0.1, 0.15) is 11.3 Å². The van der Waals surface area contributed by atoms with E-state index < -0.39 is 0 Å². The van der Waals surface area contributed by atoms with E-state index in [9.17, 15) is 4.79 Å². The average Bonchev–Trinajstić information content (AvgIpc) is 2.99. The lowest BCUT2D eigenvalue weighted by Crippen LogP contribution is -2.28. The third-order valence-corrected chi connectivity index (χ3v) is 4.91. The van der Waals surface area contributed by atoms with Gasteiger partial charge < -0.3 is 10.6 Å². The smallest absolute Gasteiger partial charge is 0.222 e. The standard InChI is InChI=1S/C15H18N2OS/c16-9-11-7-15(18)17(10-11)6-5-13-8-12-3-1-2-4-14(12)19-13/h1-4,8,11H,5-7,9-10,16H2. The van der Waals surface area contributed by atoms with E-state index in [0.717, 1.165) is 19.5 Å². The molecule has 1 saturated heterocycles. The SMILES string of the molecule is NCC1CC(=O)N(CCc2cc3ccccc3s2)C1. The average molecular weight is 274 g/mol. The Morgan fingerprint density at radius 1 is 1.37 bits per heavy atom. The van der Waals surface area contributed by atoms with E-state index in [4.69, 9.17) is 5.73 Å². The summed E-state index contributed by atoms with van der Waals surface area (Å²) >= 11 is 1.83. The number of likely N-dealkylation sites (tertiary alicyclic amines) is 1. The first kappa shape index (κ1) is 12.6. The van der Waals surface area contributed by atoms with Gasteiger partial charge in [-0.1, -0.05) is 18.2 Å². The molecular formula is C15H18N2OS. The van der Waals surface area contributed by atoms with E-state index in [-0.39, 0.29) is 5.91 Å². The molecular weight excluding hydrogens is 256 g/mol. The maximum atomic E-state index is 11.8. The first-order chi connectivity index (χ1) is 9.26. The Morgan fingerprint density at radius 3 is 2.95 bits per heavy atom. The third-order valence-electron chi connectivity index (χ3n) is 3.73. The molecule has 2 aromatic rings. The molecule has 4 heteroatoms. The molecule has 1 atom stereocenters. The summed E-state index contributed by atoms with van der Waals surface area (Å²) in [5.41, 5.74) is 5.64. The molecule has 0 saturated carbocycles. The van der Waals surface area contributed by atoms with Gasteiger partial charge in [0.25, 0.3) is 0 Å². The molecule has 1 fully saturated rings. The van der Waals surface area contributed by atoms with Crippen LogP contribution in [0.25, 0.3) is 10.1 Å². The van der Waals surface area contributed by atoms with Crippen molar-refractivity contribution in [3.8, 4) is 0 Å². The zero-order valence-electron chi connectivity index (χ0n) is 10.8. The van der Waals surface area contributed by atoms with Gasteiger partial charge in [0.2, 0.25) is 5.91 Å². The topological polar surface area (TPSA) is 46.3 Å². The lowest BCUT2D eigenvalue weighted by atomic mass is 10.1. The molecule has 2 heterocycles. The van der Waals surface area contributed by atoms with Gasteiger partial charge in [-0.2, -0.15) is 0 Å². The Morgan fingerprint density at radius 2 is 2.21 bits per heavy atom. The number of carbonyl (C=O) groups is 1. The van der Waals surface area contributed by atoms with Crippen LogP contribution in [-0.4, -0.2) is 30.4 Å². The number of thiophene rings is 1. The number of hydrogen-bond acceptors (Lipinski definition) is 3. The van der Waals surface area contributed by atoms with Crippen LogP contribution in [0.15, 0.2) is 30.3 Å². The van der Waals surface area contributed by atoms with Gasteiger partial charge in [0.05, 0.1) is 0 Å². The second-order valence-corrected chi connectivity index (χ2v) is 6.31. The largest absolute Gasteiger partial charge is 0.342 e. The minimum absolute atomic E-state index is 0.261. The van der Waals surface area contributed by atoms with Crippen molar-refractivity contribution in [1.29, 1.82) is 0 Å². The lowest BCUT2D eigenvalue weighted by molar-refractivity contribution is -0.127. The summed E-state index contributed by atoms with van der Waals surface area (Å²) in [7, 11) is 0. The zero-order chi connectivity index (χ0) is 13.2. The Bertz CT molecular complexity index is 560. The number of fused-ring (bicyclic) bond motifs is 1. The summed E-state index contributed by atoms with van der Waals surface area (Å²) in [6.07, 6.45) is 1.57. The van der Waals surface area contributed by atoms with E-state index in [1.165, 1.54) is 15.0 Å². The summed E-state index contributed by atoms with van der Waals surface area (Å²) in [6, 6.07) is 10.7. The monoisotopic (exact) mass is 274 g/mol. The molecule has 1 aliphatic rings. The van der Waals surface area contributed by atoms with Crippen LogP contribution in [0.2, 0.25) is 0 Å². The van der Waals surface area contributed by atoms with Gasteiger partial charge in [0.1, 0.15) is 0 Å². The second kappa shape index (κ2) is 5.31. The fourth-order valence-corrected chi connectivity index (χ4v) is 3.69. The van der Waals surface area contributed by atoms with Gasteiger partial charge in [-0.15, -0.1) is 11.3 Å². The molecule has 0 aliphatic carbocycles. The minimum Gasteiger partial charge on any atom is -0.342 e. The zero-order valence-corrected chi connectivity index (χ0v) is 11.7. The van der Waals surface area contributed by atoms with Gasteiger partial charge in [0, 0.05) is 29.1 Å². The van der Waals surface area contributed by atoms with Crippen molar-refractivity contribution in [3.05, 3.63) is 35.2 Å². The minimum atomic E-state index is 0.261. The Hall–Kier alpha value is -1.39. The fraction of sp³-hybridized carbons (Fsp3) is 0.400. The van der Waals surface area contributed by atoms with E-state index in [1.54, 1.807) is 0 Å².